The van der Waals surface area contributed by atoms with E-state index in [0.29, 0.717) is 11.8 Å². The molecule has 2 N–H and O–H groups in total. The molecule has 1 fully saturated rings. The Morgan fingerprint density at radius 1 is 1.05 bits per heavy atom. The first kappa shape index (κ1) is 15.4. The molecule has 1 saturated carbocycles. The Hall–Kier alpha value is -1.02. The molecule has 1 aromatic carbocycles. The number of rotatable bonds is 4. The molecule has 112 valence electrons. The molecule has 0 amide bonds. The molecule has 2 rings (SSSR count). The number of nitrogens with one attached hydrogen (secondary N) is 1. The minimum atomic E-state index is -0.198. The van der Waals surface area contributed by atoms with Gasteiger partial charge >= 0.3 is 0 Å². The molecule has 0 bridgehead atoms. The van der Waals surface area contributed by atoms with Gasteiger partial charge in [0, 0.05) is 5.69 Å². The highest BCUT2D eigenvalue weighted by atomic mass is 16.3. The van der Waals surface area contributed by atoms with E-state index in [2.05, 4.69) is 52.1 Å². The first-order valence-electron chi connectivity index (χ1n) is 7.99. The van der Waals surface area contributed by atoms with Crippen LogP contribution >= 0.6 is 0 Å². The molecule has 0 radical (unpaired) electrons. The Labute approximate surface area is 123 Å². The van der Waals surface area contributed by atoms with E-state index < -0.39 is 0 Å². The van der Waals surface area contributed by atoms with Crippen LogP contribution in [0.3, 0.4) is 0 Å². The second-order valence-corrected chi connectivity index (χ2v) is 6.88. The minimum absolute atomic E-state index is 0.198. The van der Waals surface area contributed by atoms with Gasteiger partial charge in [-0.25, -0.2) is 0 Å². The maximum atomic E-state index is 10.1. The van der Waals surface area contributed by atoms with Gasteiger partial charge in [-0.2, -0.15) is 0 Å². The lowest BCUT2D eigenvalue weighted by Crippen LogP contribution is -2.29. The van der Waals surface area contributed by atoms with Crippen LogP contribution < -0.4 is 5.32 Å². The minimum Gasteiger partial charge on any atom is -0.391 e. The lowest BCUT2D eigenvalue weighted by Gasteiger charge is -2.26. The molecule has 0 aliphatic heterocycles. The molecule has 0 aromatic heterocycles. The van der Waals surface area contributed by atoms with Crippen molar-refractivity contribution in [3.05, 3.63) is 28.8 Å². The van der Waals surface area contributed by atoms with Crippen molar-refractivity contribution >= 4 is 5.69 Å². The number of hydrogen-bond acceptors (Lipinski definition) is 2. The summed E-state index contributed by atoms with van der Waals surface area (Å²) in [6, 6.07) is 4.80. The Bertz CT molecular complexity index is 435. The number of aliphatic hydroxyl groups excluding tert-OH is 1. The van der Waals surface area contributed by atoms with Gasteiger partial charge in [0.1, 0.15) is 0 Å². The largest absolute Gasteiger partial charge is 0.391 e. The van der Waals surface area contributed by atoms with E-state index in [4.69, 9.17) is 0 Å². The molecule has 1 aromatic rings. The SMILES string of the molecule is Cc1cc(C(C)C)c(N[C@H]2CCC[C@@H]2O)c(C(C)C)c1. The molecule has 1 aliphatic rings. The van der Waals surface area contributed by atoms with Crippen LogP contribution in [0.4, 0.5) is 5.69 Å². The molecular formula is C18H29NO. The van der Waals surface area contributed by atoms with Crippen molar-refractivity contribution in [1.29, 1.82) is 0 Å². The van der Waals surface area contributed by atoms with Crippen molar-refractivity contribution < 1.29 is 5.11 Å². The monoisotopic (exact) mass is 275 g/mol. The van der Waals surface area contributed by atoms with E-state index >= 15 is 0 Å². The predicted octanol–water partition coefficient (Wildman–Crippen LogP) is 4.57. The second-order valence-electron chi connectivity index (χ2n) is 6.88. The van der Waals surface area contributed by atoms with E-state index in [1.807, 2.05) is 0 Å². The van der Waals surface area contributed by atoms with Crippen molar-refractivity contribution in [3.63, 3.8) is 0 Å². The van der Waals surface area contributed by atoms with Gasteiger partial charge in [-0.15, -0.1) is 0 Å². The summed E-state index contributed by atoms with van der Waals surface area (Å²) in [5, 5.41) is 13.8. The standard InChI is InChI=1S/C18H29NO/c1-11(2)14-9-13(5)10-15(12(3)4)18(14)19-16-7-6-8-17(16)20/h9-12,16-17,19-20H,6-8H2,1-5H3/t16-,17-/m0/s1. The third kappa shape index (κ3) is 3.17. The molecule has 0 unspecified atom stereocenters. The van der Waals surface area contributed by atoms with Crippen LogP contribution in [0, 0.1) is 6.92 Å². The van der Waals surface area contributed by atoms with Crippen LogP contribution in [0.25, 0.3) is 0 Å². The molecule has 0 saturated heterocycles. The third-order valence-electron chi connectivity index (χ3n) is 4.40. The van der Waals surface area contributed by atoms with E-state index in [0.717, 1.165) is 19.3 Å². The summed E-state index contributed by atoms with van der Waals surface area (Å²) in [6.45, 7) is 11.2. The lowest BCUT2D eigenvalue weighted by atomic mass is 9.90. The van der Waals surface area contributed by atoms with E-state index in [1.54, 1.807) is 0 Å². The van der Waals surface area contributed by atoms with Gasteiger partial charge in [-0.05, 0) is 49.1 Å². The Morgan fingerprint density at radius 2 is 1.60 bits per heavy atom. The van der Waals surface area contributed by atoms with Crippen molar-refractivity contribution in [3.8, 4) is 0 Å². The summed E-state index contributed by atoms with van der Waals surface area (Å²) >= 11 is 0. The van der Waals surface area contributed by atoms with Gasteiger partial charge in [0.05, 0.1) is 12.1 Å². The van der Waals surface area contributed by atoms with Crippen molar-refractivity contribution in [2.45, 2.75) is 77.9 Å². The normalized spacial score (nSPS) is 22.8. The van der Waals surface area contributed by atoms with Gasteiger partial charge in [0.25, 0.3) is 0 Å². The number of hydrogen-bond donors (Lipinski definition) is 2. The van der Waals surface area contributed by atoms with Crippen molar-refractivity contribution in [2.75, 3.05) is 5.32 Å². The fraction of sp³-hybridized carbons (Fsp3) is 0.667. The number of aliphatic hydroxyl groups is 1. The van der Waals surface area contributed by atoms with E-state index in [1.165, 1.54) is 22.4 Å². The zero-order valence-electron chi connectivity index (χ0n) is 13.5. The van der Waals surface area contributed by atoms with Gasteiger partial charge in [0.15, 0.2) is 0 Å². The van der Waals surface area contributed by atoms with Crippen molar-refractivity contribution in [1.82, 2.24) is 0 Å². The maximum absolute atomic E-state index is 10.1. The van der Waals surface area contributed by atoms with Crippen LogP contribution in [-0.2, 0) is 0 Å². The summed E-state index contributed by atoms with van der Waals surface area (Å²) < 4.78 is 0. The number of benzene rings is 1. The first-order chi connectivity index (χ1) is 9.40. The predicted molar refractivity (Wildman–Crippen MR) is 86.6 cm³/mol. The molecule has 0 heterocycles. The highest BCUT2D eigenvalue weighted by Crippen LogP contribution is 2.36. The summed E-state index contributed by atoms with van der Waals surface area (Å²) in [5.74, 6) is 0.988. The molecule has 2 nitrogen and oxygen atoms in total. The van der Waals surface area contributed by atoms with Gasteiger partial charge in [-0.1, -0.05) is 45.4 Å². The zero-order chi connectivity index (χ0) is 14.9. The average molecular weight is 275 g/mol. The zero-order valence-corrected chi connectivity index (χ0v) is 13.5. The second kappa shape index (κ2) is 6.17. The summed E-state index contributed by atoms with van der Waals surface area (Å²) in [4.78, 5) is 0. The topological polar surface area (TPSA) is 32.3 Å². The summed E-state index contributed by atoms with van der Waals surface area (Å²) in [7, 11) is 0. The fourth-order valence-corrected chi connectivity index (χ4v) is 3.21. The van der Waals surface area contributed by atoms with Crippen molar-refractivity contribution in [2.24, 2.45) is 0 Å². The Morgan fingerprint density at radius 3 is 2.00 bits per heavy atom. The van der Waals surface area contributed by atoms with Crippen LogP contribution in [-0.4, -0.2) is 17.3 Å². The summed E-state index contributed by atoms with van der Waals surface area (Å²) in [5.41, 5.74) is 5.36. The quantitative estimate of drug-likeness (QED) is 0.844. The molecule has 1 aliphatic carbocycles. The van der Waals surface area contributed by atoms with Crippen LogP contribution in [0.15, 0.2) is 12.1 Å². The lowest BCUT2D eigenvalue weighted by molar-refractivity contribution is 0.171. The smallest absolute Gasteiger partial charge is 0.0741 e. The Balaban J connectivity index is 2.42. The molecule has 2 atom stereocenters. The Kier molecular flexibility index (Phi) is 4.74. The summed E-state index contributed by atoms with van der Waals surface area (Å²) in [6.07, 6.45) is 2.93. The van der Waals surface area contributed by atoms with Crippen LogP contribution in [0.2, 0.25) is 0 Å². The fourth-order valence-electron chi connectivity index (χ4n) is 3.21. The maximum Gasteiger partial charge on any atom is 0.0741 e. The number of anilines is 1. The van der Waals surface area contributed by atoms with Gasteiger partial charge < -0.3 is 10.4 Å². The third-order valence-corrected chi connectivity index (χ3v) is 4.40. The van der Waals surface area contributed by atoms with E-state index in [9.17, 15) is 5.11 Å². The number of aryl methyl sites for hydroxylation is 1. The van der Waals surface area contributed by atoms with E-state index in [-0.39, 0.29) is 12.1 Å². The highest BCUT2D eigenvalue weighted by molar-refractivity contribution is 5.62. The van der Waals surface area contributed by atoms with Crippen LogP contribution in [0.1, 0.15) is 75.5 Å². The van der Waals surface area contributed by atoms with Gasteiger partial charge in [-0.3, -0.25) is 0 Å². The molecular weight excluding hydrogens is 246 g/mol. The van der Waals surface area contributed by atoms with Gasteiger partial charge in [0.2, 0.25) is 0 Å². The first-order valence-corrected chi connectivity index (χ1v) is 7.99. The average Bonchev–Trinajstić information content (AvgIpc) is 2.76. The molecule has 0 spiro atoms. The molecule has 20 heavy (non-hydrogen) atoms. The molecule has 2 heteroatoms. The highest BCUT2D eigenvalue weighted by Gasteiger charge is 2.27. The van der Waals surface area contributed by atoms with Crippen LogP contribution in [0.5, 0.6) is 0 Å².